The molecule has 0 aromatic carbocycles. The molecule has 2 rings (SSSR count). The molecular weight excluding hydrogens is 214 g/mol. The van der Waals surface area contributed by atoms with E-state index in [9.17, 15) is 0 Å². The van der Waals surface area contributed by atoms with E-state index in [1.807, 2.05) is 6.07 Å². The first-order chi connectivity index (χ1) is 6.84. The summed E-state index contributed by atoms with van der Waals surface area (Å²) < 4.78 is 0.862. The molecule has 1 saturated heterocycles. The van der Waals surface area contributed by atoms with Crippen molar-refractivity contribution in [1.29, 1.82) is 0 Å². The number of nitrogens with one attached hydrogen (secondary N) is 1. The van der Waals surface area contributed by atoms with E-state index in [2.05, 4.69) is 22.8 Å². The molecule has 3 heteroatoms. The number of hydrogen-bond donors (Lipinski definition) is 1. The molecule has 0 saturated carbocycles. The third kappa shape index (κ3) is 2.84. The Kier molecular flexibility index (Phi) is 3.62. The van der Waals surface area contributed by atoms with Crippen molar-refractivity contribution < 1.29 is 0 Å². The molecule has 1 fully saturated rings. The van der Waals surface area contributed by atoms with Gasteiger partial charge in [-0.05, 0) is 36.4 Å². The van der Waals surface area contributed by atoms with E-state index in [-0.39, 0.29) is 0 Å². The fourth-order valence-corrected chi connectivity index (χ4v) is 2.54. The largest absolute Gasteiger partial charge is 0.311 e. The highest BCUT2D eigenvalue weighted by Gasteiger charge is 2.08. The highest BCUT2D eigenvalue weighted by atomic mass is 35.5. The molecule has 0 bridgehead atoms. The number of piperidine rings is 1. The van der Waals surface area contributed by atoms with Gasteiger partial charge in [-0.25, -0.2) is 0 Å². The van der Waals surface area contributed by atoms with Crippen LogP contribution in [0.5, 0.6) is 0 Å². The molecule has 1 aliphatic heterocycles. The Morgan fingerprint density at radius 2 is 2.43 bits per heavy atom. The average Bonchev–Trinajstić information content (AvgIpc) is 2.63. The second-order valence-electron chi connectivity index (χ2n) is 3.60. The van der Waals surface area contributed by atoms with Crippen LogP contribution in [0.1, 0.15) is 24.8 Å². The molecule has 76 valence electrons. The van der Waals surface area contributed by atoms with Gasteiger partial charge in [0, 0.05) is 6.04 Å². The lowest BCUT2D eigenvalue weighted by Gasteiger charge is -2.19. The van der Waals surface area contributed by atoms with Crippen LogP contribution in [0.3, 0.4) is 0 Å². The second-order valence-corrected chi connectivity index (χ2v) is 5.14. The first-order valence-electron chi connectivity index (χ1n) is 5.00. The predicted molar refractivity (Wildman–Crippen MR) is 64.0 cm³/mol. The van der Waals surface area contributed by atoms with Crippen molar-refractivity contribution in [3.63, 3.8) is 0 Å². The highest BCUT2D eigenvalue weighted by molar-refractivity contribution is 7.14. The Hall–Kier alpha value is -0.310. The fourth-order valence-electron chi connectivity index (χ4n) is 1.68. The van der Waals surface area contributed by atoms with Crippen molar-refractivity contribution >= 4 is 29.0 Å². The van der Waals surface area contributed by atoms with Gasteiger partial charge in [0.2, 0.25) is 0 Å². The molecule has 0 radical (unpaired) electrons. The average molecular weight is 228 g/mol. The van der Waals surface area contributed by atoms with Gasteiger partial charge in [-0.3, -0.25) is 0 Å². The van der Waals surface area contributed by atoms with Gasteiger partial charge in [0.15, 0.2) is 0 Å². The third-order valence-electron chi connectivity index (χ3n) is 2.46. The van der Waals surface area contributed by atoms with E-state index in [1.54, 1.807) is 11.3 Å². The Morgan fingerprint density at radius 1 is 1.50 bits per heavy atom. The van der Waals surface area contributed by atoms with Gasteiger partial charge in [0.25, 0.3) is 0 Å². The van der Waals surface area contributed by atoms with Gasteiger partial charge in [-0.15, -0.1) is 11.3 Å². The number of halogens is 1. The van der Waals surface area contributed by atoms with Crippen molar-refractivity contribution in [3.8, 4) is 0 Å². The molecule has 1 N–H and O–H groups in total. The molecule has 1 unspecified atom stereocenters. The van der Waals surface area contributed by atoms with Crippen LogP contribution in [-0.2, 0) is 0 Å². The molecule has 2 heterocycles. The molecule has 1 aromatic heterocycles. The molecule has 1 aromatic rings. The molecule has 1 atom stereocenters. The minimum absolute atomic E-state index is 0.558. The molecule has 1 aliphatic rings. The Morgan fingerprint density at radius 3 is 3.07 bits per heavy atom. The van der Waals surface area contributed by atoms with Crippen LogP contribution in [0.2, 0.25) is 4.34 Å². The normalized spacial score (nSPS) is 23.1. The van der Waals surface area contributed by atoms with Crippen molar-refractivity contribution in [3.05, 3.63) is 27.4 Å². The monoisotopic (exact) mass is 227 g/mol. The van der Waals surface area contributed by atoms with Gasteiger partial charge >= 0.3 is 0 Å². The summed E-state index contributed by atoms with van der Waals surface area (Å²) in [5, 5.41) is 5.56. The van der Waals surface area contributed by atoms with E-state index < -0.39 is 0 Å². The lowest BCUT2D eigenvalue weighted by Crippen LogP contribution is -2.31. The maximum atomic E-state index is 5.85. The number of rotatable bonds is 2. The SMILES string of the molecule is Clc1cc(/C=C/C2CCCCN2)cs1. The smallest absolute Gasteiger partial charge is 0.0934 e. The molecule has 0 aliphatic carbocycles. The van der Waals surface area contributed by atoms with Crippen LogP contribution in [0.25, 0.3) is 6.08 Å². The first kappa shape index (κ1) is 10.2. The molecule has 0 spiro atoms. The highest BCUT2D eigenvalue weighted by Crippen LogP contribution is 2.21. The van der Waals surface area contributed by atoms with E-state index in [1.165, 1.54) is 24.8 Å². The number of hydrogen-bond acceptors (Lipinski definition) is 2. The van der Waals surface area contributed by atoms with Crippen LogP contribution in [0, 0.1) is 0 Å². The van der Waals surface area contributed by atoms with Crippen molar-refractivity contribution in [2.24, 2.45) is 0 Å². The Bertz CT molecular complexity index is 313. The van der Waals surface area contributed by atoms with Crippen LogP contribution >= 0.6 is 22.9 Å². The van der Waals surface area contributed by atoms with E-state index >= 15 is 0 Å². The van der Waals surface area contributed by atoms with Crippen molar-refractivity contribution in [2.75, 3.05) is 6.54 Å². The summed E-state index contributed by atoms with van der Waals surface area (Å²) in [4.78, 5) is 0. The van der Waals surface area contributed by atoms with Gasteiger partial charge in [-0.2, -0.15) is 0 Å². The van der Waals surface area contributed by atoms with Crippen LogP contribution in [0.15, 0.2) is 17.5 Å². The minimum atomic E-state index is 0.558. The van der Waals surface area contributed by atoms with Gasteiger partial charge < -0.3 is 5.32 Å². The van der Waals surface area contributed by atoms with E-state index in [0.717, 1.165) is 10.9 Å². The summed E-state index contributed by atoms with van der Waals surface area (Å²) in [5.41, 5.74) is 1.22. The second kappa shape index (κ2) is 4.96. The molecule has 0 amide bonds. The van der Waals surface area contributed by atoms with Crippen LogP contribution in [0.4, 0.5) is 0 Å². The minimum Gasteiger partial charge on any atom is -0.311 e. The summed E-state index contributed by atoms with van der Waals surface area (Å²) in [6.07, 6.45) is 8.32. The zero-order valence-corrected chi connectivity index (χ0v) is 9.57. The standard InChI is InChI=1S/C11H14ClNS/c12-11-7-9(8-14-11)4-5-10-3-1-2-6-13-10/h4-5,7-8,10,13H,1-3,6H2/b5-4+. The zero-order chi connectivity index (χ0) is 9.80. The summed E-state index contributed by atoms with van der Waals surface area (Å²) >= 11 is 7.44. The lowest BCUT2D eigenvalue weighted by molar-refractivity contribution is 0.455. The van der Waals surface area contributed by atoms with Gasteiger partial charge in [0.1, 0.15) is 0 Å². The Labute approximate surface area is 93.8 Å². The lowest BCUT2D eigenvalue weighted by atomic mass is 10.0. The zero-order valence-electron chi connectivity index (χ0n) is 8.00. The van der Waals surface area contributed by atoms with Crippen molar-refractivity contribution in [2.45, 2.75) is 25.3 Å². The maximum Gasteiger partial charge on any atom is 0.0934 e. The van der Waals surface area contributed by atoms with E-state index in [4.69, 9.17) is 11.6 Å². The molecule has 1 nitrogen and oxygen atoms in total. The Balaban J connectivity index is 1.92. The summed E-state index contributed by atoms with van der Waals surface area (Å²) in [6.45, 7) is 1.15. The van der Waals surface area contributed by atoms with E-state index in [0.29, 0.717) is 6.04 Å². The van der Waals surface area contributed by atoms with Gasteiger partial charge in [0.05, 0.1) is 4.34 Å². The predicted octanol–water partition coefficient (Wildman–Crippen LogP) is 3.56. The number of thiophene rings is 1. The quantitative estimate of drug-likeness (QED) is 0.815. The van der Waals surface area contributed by atoms with Crippen LogP contribution in [-0.4, -0.2) is 12.6 Å². The third-order valence-corrected chi connectivity index (χ3v) is 3.57. The van der Waals surface area contributed by atoms with Crippen LogP contribution < -0.4 is 5.32 Å². The summed E-state index contributed by atoms with van der Waals surface area (Å²) in [7, 11) is 0. The molecule has 14 heavy (non-hydrogen) atoms. The first-order valence-corrected chi connectivity index (χ1v) is 6.26. The van der Waals surface area contributed by atoms with Crippen molar-refractivity contribution in [1.82, 2.24) is 5.32 Å². The topological polar surface area (TPSA) is 12.0 Å². The molecular formula is C11H14ClNS. The summed E-state index contributed by atoms with van der Waals surface area (Å²) in [5.74, 6) is 0. The maximum absolute atomic E-state index is 5.85. The fraction of sp³-hybridized carbons (Fsp3) is 0.455. The summed E-state index contributed by atoms with van der Waals surface area (Å²) in [6, 6.07) is 2.56. The van der Waals surface area contributed by atoms with Gasteiger partial charge in [-0.1, -0.05) is 30.2 Å².